The van der Waals surface area contributed by atoms with Gasteiger partial charge in [-0.2, -0.15) is 0 Å². The van der Waals surface area contributed by atoms with Crippen LogP contribution in [0.3, 0.4) is 0 Å². The molecule has 4 nitrogen and oxygen atoms in total. The maximum Gasteiger partial charge on any atom is 0.107 e. The number of hydrogen-bond acceptors (Lipinski definition) is 4. The molecule has 0 fully saturated rings. The number of allylic oxidation sites excluding steroid dienone is 1. The molecule has 0 aromatic heterocycles. The number of rotatable bonds is 1. The smallest absolute Gasteiger partial charge is 0.107 e. The molecule has 0 unspecified atom stereocenters. The third kappa shape index (κ3) is 1.70. The lowest BCUT2D eigenvalue weighted by Crippen LogP contribution is -2.21. The average molecular weight is 116 g/mol. The fraction of sp³-hybridized carbons (Fsp3) is 0.500. The first-order chi connectivity index (χ1) is 3.55. The van der Waals surface area contributed by atoms with Gasteiger partial charge in [0.05, 0.1) is 0 Å². The summed E-state index contributed by atoms with van der Waals surface area (Å²) in [6.45, 7) is 1.57. The van der Waals surface area contributed by atoms with E-state index in [9.17, 15) is 5.21 Å². The molecule has 0 rings (SSSR count). The zero-order chi connectivity index (χ0) is 6.73. The van der Waals surface area contributed by atoms with E-state index in [1.807, 2.05) is 0 Å². The van der Waals surface area contributed by atoms with Gasteiger partial charge in [0, 0.05) is 5.70 Å². The second-order valence-electron chi connectivity index (χ2n) is 1.57. The van der Waals surface area contributed by atoms with Gasteiger partial charge in [0.25, 0.3) is 0 Å². The van der Waals surface area contributed by atoms with E-state index in [0.717, 1.165) is 0 Å². The third-order valence-corrected chi connectivity index (χ3v) is 0.743. The topological polar surface area (TPSA) is 78.3 Å². The highest BCUT2D eigenvalue weighted by atomic mass is 16.5. The SMILES string of the molecule is C/C(N)=C(\N)N(C)[O-]. The van der Waals surface area contributed by atoms with Crippen LogP contribution in [-0.2, 0) is 0 Å². The van der Waals surface area contributed by atoms with Gasteiger partial charge in [0.2, 0.25) is 0 Å². The quantitative estimate of drug-likeness (QED) is 0.453. The molecule has 0 spiro atoms. The van der Waals surface area contributed by atoms with Crippen molar-refractivity contribution in [2.45, 2.75) is 6.92 Å². The van der Waals surface area contributed by atoms with Crippen molar-refractivity contribution < 1.29 is 0 Å². The monoisotopic (exact) mass is 116 g/mol. The van der Waals surface area contributed by atoms with E-state index in [1.165, 1.54) is 7.05 Å². The van der Waals surface area contributed by atoms with Crippen LogP contribution in [0, 0.1) is 5.21 Å². The highest BCUT2D eigenvalue weighted by Crippen LogP contribution is 1.91. The molecule has 0 radical (unpaired) electrons. The van der Waals surface area contributed by atoms with Crippen LogP contribution >= 0.6 is 0 Å². The standard InChI is InChI=1S/C4H10N3O/c1-3(5)4(6)7(2)8/h5-6H2,1-2H3/q-1/b4-3-. The first-order valence-electron chi connectivity index (χ1n) is 2.18. The maximum absolute atomic E-state index is 10.2. The normalized spacial score (nSPS) is 12.9. The number of hydrogen-bond donors (Lipinski definition) is 2. The van der Waals surface area contributed by atoms with E-state index in [-0.39, 0.29) is 5.82 Å². The van der Waals surface area contributed by atoms with Gasteiger partial charge >= 0.3 is 0 Å². The van der Waals surface area contributed by atoms with E-state index < -0.39 is 0 Å². The van der Waals surface area contributed by atoms with Gasteiger partial charge in [-0.1, -0.05) is 0 Å². The molecule has 4 heteroatoms. The molecule has 0 heterocycles. The molecular formula is C4H10N3O-. The van der Waals surface area contributed by atoms with Gasteiger partial charge in [-0.3, -0.25) is 0 Å². The average Bonchev–Trinajstić information content (AvgIpc) is 1.64. The lowest BCUT2D eigenvalue weighted by atomic mass is 10.5. The van der Waals surface area contributed by atoms with Crippen molar-refractivity contribution in [1.29, 1.82) is 0 Å². The Bertz CT molecular complexity index is 104. The predicted octanol–water partition coefficient (Wildman–Crippen LogP) is -0.478. The zero-order valence-electron chi connectivity index (χ0n) is 5.01. The molecule has 0 saturated carbocycles. The molecule has 0 aliphatic carbocycles. The Kier molecular flexibility index (Phi) is 2.15. The summed E-state index contributed by atoms with van der Waals surface area (Å²) in [7, 11) is 1.30. The molecule has 0 atom stereocenters. The molecule has 0 amide bonds. The minimum Gasteiger partial charge on any atom is -0.757 e. The number of nitrogens with zero attached hydrogens (tertiary/aromatic N) is 1. The van der Waals surface area contributed by atoms with E-state index in [1.54, 1.807) is 6.92 Å². The lowest BCUT2D eigenvalue weighted by Gasteiger charge is -2.25. The van der Waals surface area contributed by atoms with Gasteiger partial charge in [-0.25, -0.2) is 0 Å². The van der Waals surface area contributed by atoms with Crippen molar-refractivity contribution in [3.05, 3.63) is 16.7 Å². The molecular weight excluding hydrogens is 106 g/mol. The molecule has 0 saturated heterocycles. The number of hydroxylamine groups is 2. The summed E-state index contributed by atoms with van der Waals surface area (Å²) in [6, 6.07) is 0. The minimum absolute atomic E-state index is 0.0741. The maximum atomic E-state index is 10.2. The Morgan fingerprint density at radius 3 is 1.88 bits per heavy atom. The molecule has 0 aliphatic heterocycles. The van der Waals surface area contributed by atoms with Crippen molar-refractivity contribution in [3.8, 4) is 0 Å². The van der Waals surface area contributed by atoms with Crippen molar-refractivity contribution in [1.82, 2.24) is 5.06 Å². The summed E-state index contributed by atoms with van der Waals surface area (Å²) >= 11 is 0. The van der Waals surface area contributed by atoms with Crippen LogP contribution in [0.25, 0.3) is 0 Å². The Balaban J connectivity index is 4.00. The zero-order valence-corrected chi connectivity index (χ0v) is 5.01. The van der Waals surface area contributed by atoms with Gasteiger partial charge < -0.3 is 21.7 Å². The summed E-state index contributed by atoms with van der Waals surface area (Å²) in [5.74, 6) is 0.0741. The van der Waals surface area contributed by atoms with Gasteiger partial charge in [-0.15, -0.1) is 0 Å². The summed E-state index contributed by atoms with van der Waals surface area (Å²) in [5, 5.41) is 10.8. The summed E-state index contributed by atoms with van der Waals surface area (Å²) in [5.41, 5.74) is 10.6. The van der Waals surface area contributed by atoms with Crippen LogP contribution in [0.4, 0.5) is 0 Å². The second-order valence-corrected chi connectivity index (χ2v) is 1.57. The van der Waals surface area contributed by atoms with Crippen molar-refractivity contribution in [2.24, 2.45) is 11.5 Å². The summed E-state index contributed by atoms with van der Waals surface area (Å²) < 4.78 is 0. The summed E-state index contributed by atoms with van der Waals surface area (Å²) in [4.78, 5) is 0. The van der Waals surface area contributed by atoms with Gasteiger partial charge in [0.1, 0.15) is 5.82 Å². The largest absolute Gasteiger partial charge is 0.757 e. The highest BCUT2D eigenvalue weighted by molar-refractivity contribution is 5.02. The Morgan fingerprint density at radius 1 is 1.50 bits per heavy atom. The molecule has 8 heavy (non-hydrogen) atoms. The van der Waals surface area contributed by atoms with E-state index in [2.05, 4.69) is 0 Å². The molecule has 4 N–H and O–H groups in total. The molecule has 0 bridgehead atoms. The minimum atomic E-state index is 0.0741. The Hall–Kier alpha value is -0.900. The van der Waals surface area contributed by atoms with Crippen molar-refractivity contribution in [2.75, 3.05) is 7.05 Å². The van der Waals surface area contributed by atoms with E-state index in [4.69, 9.17) is 11.5 Å². The highest BCUT2D eigenvalue weighted by Gasteiger charge is 1.87. The molecule has 48 valence electrons. The Morgan fingerprint density at radius 2 is 1.88 bits per heavy atom. The van der Waals surface area contributed by atoms with Crippen LogP contribution in [0.15, 0.2) is 11.5 Å². The first-order valence-corrected chi connectivity index (χ1v) is 2.18. The number of nitrogens with two attached hydrogens (primary N) is 2. The Labute approximate surface area is 48.3 Å². The first kappa shape index (κ1) is 7.10. The van der Waals surface area contributed by atoms with Crippen LogP contribution < -0.4 is 11.5 Å². The second kappa shape index (κ2) is 2.42. The fourth-order valence-electron chi connectivity index (χ4n) is 0.248. The van der Waals surface area contributed by atoms with E-state index >= 15 is 0 Å². The summed E-state index contributed by atoms with van der Waals surface area (Å²) in [6.07, 6.45) is 0. The van der Waals surface area contributed by atoms with Crippen LogP contribution in [0.2, 0.25) is 0 Å². The fourth-order valence-corrected chi connectivity index (χ4v) is 0.248. The third-order valence-electron chi connectivity index (χ3n) is 0.743. The van der Waals surface area contributed by atoms with E-state index in [0.29, 0.717) is 10.8 Å². The van der Waals surface area contributed by atoms with Gasteiger partial charge in [0.15, 0.2) is 0 Å². The predicted molar refractivity (Wildman–Crippen MR) is 32.2 cm³/mol. The van der Waals surface area contributed by atoms with Crippen LogP contribution in [0.5, 0.6) is 0 Å². The van der Waals surface area contributed by atoms with Gasteiger partial charge in [-0.05, 0) is 14.0 Å². The molecule has 0 aliphatic rings. The van der Waals surface area contributed by atoms with Crippen molar-refractivity contribution >= 4 is 0 Å². The lowest BCUT2D eigenvalue weighted by molar-refractivity contribution is 0.555. The molecule has 0 aromatic rings. The van der Waals surface area contributed by atoms with Crippen LogP contribution in [0.1, 0.15) is 6.92 Å². The van der Waals surface area contributed by atoms with Crippen LogP contribution in [-0.4, -0.2) is 12.1 Å². The van der Waals surface area contributed by atoms with Crippen molar-refractivity contribution in [3.63, 3.8) is 0 Å². The molecule has 0 aromatic carbocycles.